The SMILES string of the molecule is C=C(OC(=O)/C(C)=C/c1ccc(O)cc1)C(=O)OC(C)(C)C. The fourth-order valence-electron chi connectivity index (χ4n) is 1.45. The molecule has 0 unspecified atom stereocenters. The van der Waals surface area contributed by atoms with Crippen molar-refractivity contribution in [3.63, 3.8) is 0 Å². The van der Waals surface area contributed by atoms with Crippen molar-refractivity contribution in [1.29, 1.82) is 0 Å². The monoisotopic (exact) mass is 304 g/mol. The summed E-state index contributed by atoms with van der Waals surface area (Å²) in [7, 11) is 0. The minimum atomic E-state index is -0.779. The van der Waals surface area contributed by atoms with Gasteiger partial charge in [-0.2, -0.15) is 0 Å². The molecule has 0 saturated heterocycles. The maximum absolute atomic E-state index is 11.9. The molecule has 1 aromatic carbocycles. The van der Waals surface area contributed by atoms with Gasteiger partial charge in [-0.05, 0) is 58.0 Å². The highest BCUT2D eigenvalue weighted by atomic mass is 16.6. The maximum atomic E-state index is 11.9. The van der Waals surface area contributed by atoms with E-state index in [2.05, 4.69) is 6.58 Å². The van der Waals surface area contributed by atoms with Crippen molar-refractivity contribution in [1.82, 2.24) is 0 Å². The first kappa shape index (κ1) is 17.5. The Balaban J connectivity index is 2.69. The van der Waals surface area contributed by atoms with Gasteiger partial charge in [0, 0.05) is 5.57 Å². The van der Waals surface area contributed by atoms with E-state index in [9.17, 15) is 14.7 Å². The van der Waals surface area contributed by atoms with Crippen LogP contribution in [-0.2, 0) is 19.1 Å². The minimum Gasteiger partial charge on any atom is -0.508 e. The predicted molar refractivity (Wildman–Crippen MR) is 82.8 cm³/mol. The molecule has 5 nitrogen and oxygen atoms in total. The van der Waals surface area contributed by atoms with E-state index in [0.29, 0.717) is 0 Å². The Bertz CT molecular complexity index is 603. The van der Waals surface area contributed by atoms with E-state index in [-0.39, 0.29) is 17.1 Å². The Labute approximate surface area is 129 Å². The van der Waals surface area contributed by atoms with Crippen molar-refractivity contribution in [2.45, 2.75) is 33.3 Å². The Morgan fingerprint density at radius 1 is 1.14 bits per heavy atom. The molecule has 1 rings (SSSR count). The second kappa shape index (κ2) is 6.93. The van der Waals surface area contributed by atoms with Gasteiger partial charge < -0.3 is 14.6 Å². The summed E-state index contributed by atoms with van der Waals surface area (Å²) >= 11 is 0. The molecule has 0 spiro atoms. The van der Waals surface area contributed by atoms with Crippen LogP contribution in [0.5, 0.6) is 5.75 Å². The lowest BCUT2D eigenvalue weighted by atomic mass is 10.1. The van der Waals surface area contributed by atoms with Crippen molar-refractivity contribution in [3.05, 3.63) is 47.7 Å². The molecule has 22 heavy (non-hydrogen) atoms. The molecule has 1 N–H and O–H groups in total. The summed E-state index contributed by atoms with van der Waals surface area (Å²) in [5.41, 5.74) is 0.314. The Morgan fingerprint density at radius 2 is 1.68 bits per heavy atom. The summed E-state index contributed by atoms with van der Waals surface area (Å²) in [6.45, 7) is 10.1. The molecular weight excluding hydrogens is 284 g/mol. The van der Waals surface area contributed by atoms with Crippen molar-refractivity contribution < 1.29 is 24.2 Å². The van der Waals surface area contributed by atoms with E-state index in [1.54, 1.807) is 45.9 Å². The Morgan fingerprint density at radius 3 is 2.18 bits per heavy atom. The van der Waals surface area contributed by atoms with Crippen LogP contribution in [-0.4, -0.2) is 22.6 Å². The third kappa shape index (κ3) is 5.83. The van der Waals surface area contributed by atoms with Crippen molar-refractivity contribution >= 4 is 18.0 Å². The molecule has 0 fully saturated rings. The lowest BCUT2D eigenvalue weighted by Gasteiger charge is -2.19. The van der Waals surface area contributed by atoms with Gasteiger partial charge in [-0.3, -0.25) is 0 Å². The number of esters is 2. The van der Waals surface area contributed by atoms with E-state index < -0.39 is 17.5 Å². The average molecular weight is 304 g/mol. The van der Waals surface area contributed by atoms with Crippen LogP contribution in [0.3, 0.4) is 0 Å². The normalized spacial score (nSPS) is 11.7. The van der Waals surface area contributed by atoms with Gasteiger partial charge in [0.05, 0.1) is 0 Å². The maximum Gasteiger partial charge on any atom is 0.374 e. The second-order valence-electron chi connectivity index (χ2n) is 5.73. The number of benzene rings is 1. The highest BCUT2D eigenvalue weighted by molar-refractivity contribution is 5.97. The van der Waals surface area contributed by atoms with Gasteiger partial charge in [0.25, 0.3) is 0 Å². The van der Waals surface area contributed by atoms with Crippen molar-refractivity contribution in [3.8, 4) is 5.75 Å². The summed E-state index contributed by atoms with van der Waals surface area (Å²) in [6, 6.07) is 6.30. The lowest BCUT2D eigenvalue weighted by molar-refractivity contribution is -0.157. The third-order valence-corrected chi connectivity index (χ3v) is 2.44. The van der Waals surface area contributed by atoms with Gasteiger partial charge in [-0.15, -0.1) is 0 Å². The molecule has 5 heteroatoms. The van der Waals surface area contributed by atoms with Gasteiger partial charge in [-0.1, -0.05) is 12.1 Å². The van der Waals surface area contributed by atoms with E-state index in [4.69, 9.17) is 9.47 Å². The van der Waals surface area contributed by atoms with E-state index >= 15 is 0 Å². The van der Waals surface area contributed by atoms with Crippen LogP contribution >= 0.6 is 0 Å². The van der Waals surface area contributed by atoms with Gasteiger partial charge >= 0.3 is 11.9 Å². The van der Waals surface area contributed by atoms with Crippen LogP contribution in [0, 0.1) is 0 Å². The molecular formula is C17H20O5. The standard InChI is InChI=1S/C17H20O5/c1-11(10-13-6-8-14(18)9-7-13)15(19)21-12(2)16(20)22-17(3,4)5/h6-10,18H,2H2,1,3-5H3/b11-10+. The zero-order valence-electron chi connectivity index (χ0n) is 13.2. The molecule has 0 bridgehead atoms. The summed E-state index contributed by atoms with van der Waals surface area (Å²) in [5, 5.41) is 9.20. The second-order valence-corrected chi connectivity index (χ2v) is 5.73. The molecule has 0 aromatic heterocycles. The van der Waals surface area contributed by atoms with Crippen LogP contribution in [0.1, 0.15) is 33.3 Å². The molecule has 0 radical (unpaired) electrons. The number of rotatable bonds is 4. The van der Waals surface area contributed by atoms with Crippen LogP contribution in [0.4, 0.5) is 0 Å². The Kier molecular flexibility index (Phi) is 5.51. The summed E-state index contributed by atoms with van der Waals surface area (Å²) in [5.74, 6) is -1.70. The van der Waals surface area contributed by atoms with Crippen molar-refractivity contribution in [2.75, 3.05) is 0 Å². The molecule has 0 atom stereocenters. The van der Waals surface area contributed by atoms with Gasteiger partial charge in [-0.25, -0.2) is 9.59 Å². The van der Waals surface area contributed by atoms with Crippen LogP contribution in [0.2, 0.25) is 0 Å². The fourth-order valence-corrected chi connectivity index (χ4v) is 1.45. The zero-order valence-corrected chi connectivity index (χ0v) is 13.2. The van der Waals surface area contributed by atoms with Gasteiger partial charge in [0.1, 0.15) is 11.4 Å². The minimum absolute atomic E-state index is 0.135. The highest BCUT2D eigenvalue weighted by Crippen LogP contribution is 2.15. The molecule has 0 heterocycles. The summed E-state index contributed by atoms with van der Waals surface area (Å²) < 4.78 is 9.94. The van der Waals surface area contributed by atoms with E-state index in [1.807, 2.05) is 0 Å². The predicted octanol–water partition coefficient (Wildman–Crippen LogP) is 3.19. The highest BCUT2D eigenvalue weighted by Gasteiger charge is 2.21. The smallest absolute Gasteiger partial charge is 0.374 e. The van der Waals surface area contributed by atoms with Crippen molar-refractivity contribution in [2.24, 2.45) is 0 Å². The van der Waals surface area contributed by atoms with Crippen LogP contribution in [0.15, 0.2) is 42.2 Å². The number of hydrogen-bond acceptors (Lipinski definition) is 5. The number of ether oxygens (including phenoxy) is 2. The van der Waals surface area contributed by atoms with Crippen LogP contribution in [0.25, 0.3) is 6.08 Å². The van der Waals surface area contributed by atoms with Gasteiger partial charge in [0.2, 0.25) is 5.76 Å². The molecule has 0 aliphatic carbocycles. The topological polar surface area (TPSA) is 72.8 Å². The number of hydrogen-bond donors (Lipinski definition) is 1. The molecule has 0 aliphatic rings. The molecule has 0 amide bonds. The number of aromatic hydroxyl groups is 1. The zero-order chi connectivity index (χ0) is 16.9. The largest absolute Gasteiger partial charge is 0.508 e. The number of phenolic OH excluding ortho intramolecular Hbond substituents is 1. The van der Waals surface area contributed by atoms with Crippen LogP contribution < -0.4 is 0 Å². The summed E-state index contributed by atoms with van der Waals surface area (Å²) in [6.07, 6.45) is 1.57. The number of carbonyl (C=O) groups is 2. The first-order valence-electron chi connectivity index (χ1n) is 6.70. The quantitative estimate of drug-likeness (QED) is 0.525. The molecule has 0 saturated carbocycles. The van der Waals surface area contributed by atoms with E-state index in [0.717, 1.165) is 5.56 Å². The Hall–Kier alpha value is -2.56. The molecule has 0 aliphatic heterocycles. The first-order valence-corrected chi connectivity index (χ1v) is 6.70. The number of carbonyl (C=O) groups excluding carboxylic acids is 2. The third-order valence-electron chi connectivity index (χ3n) is 2.44. The van der Waals surface area contributed by atoms with Gasteiger partial charge in [0.15, 0.2) is 0 Å². The fraction of sp³-hybridized carbons (Fsp3) is 0.294. The molecule has 118 valence electrons. The number of phenols is 1. The summed E-state index contributed by atoms with van der Waals surface area (Å²) in [4.78, 5) is 23.6. The van der Waals surface area contributed by atoms with E-state index in [1.165, 1.54) is 12.1 Å². The lowest BCUT2D eigenvalue weighted by Crippen LogP contribution is -2.26. The first-order chi connectivity index (χ1) is 10.1. The average Bonchev–Trinajstić information content (AvgIpc) is 2.39. The molecule has 1 aromatic rings.